The second-order valence-electron chi connectivity index (χ2n) is 8.43. The van der Waals surface area contributed by atoms with Crippen molar-refractivity contribution in [3.05, 3.63) is 35.4 Å². The van der Waals surface area contributed by atoms with Gasteiger partial charge < -0.3 is 4.90 Å². The number of hydrogen-bond donors (Lipinski definition) is 0. The first-order chi connectivity index (χ1) is 11.4. The van der Waals surface area contributed by atoms with Crippen LogP contribution in [0, 0.1) is 0 Å². The van der Waals surface area contributed by atoms with Crippen molar-refractivity contribution in [1.82, 2.24) is 9.80 Å². The van der Waals surface area contributed by atoms with Gasteiger partial charge in [0.2, 0.25) is 5.91 Å². The largest absolute Gasteiger partial charge is 0.343 e. The molecule has 0 saturated carbocycles. The van der Waals surface area contributed by atoms with E-state index in [1.165, 1.54) is 30.5 Å². The number of carbonyl (C=O) groups excluding carboxylic acids is 1. The zero-order chi connectivity index (χ0) is 17.3. The summed E-state index contributed by atoms with van der Waals surface area (Å²) < 4.78 is 0. The summed E-state index contributed by atoms with van der Waals surface area (Å²) in [5.74, 6) is 0.815. The molecule has 2 saturated heterocycles. The fourth-order valence-corrected chi connectivity index (χ4v) is 4.58. The molecule has 0 N–H and O–H groups in total. The molecule has 3 heteroatoms. The monoisotopic (exact) mass is 328 g/mol. The van der Waals surface area contributed by atoms with E-state index in [-0.39, 0.29) is 11.4 Å². The molecule has 3 nitrogen and oxygen atoms in total. The van der Waals surface area contributed by atoms with Gasteiger partial charge in [0, 0.05) is 31.6 Å². The first-order valence-electron chi connectivity index (χ1n) is 9.49. The molecule has 1 unspecified atom stereocenters. The highest BCUT2D eigenvalue weighted by Gasteiger charge is 2.35. The van der Waals surface area contributed by atoms with Crippen molar-refractivity contribution < 1.29 is 4.79 Å². The summed E-state index contributed by atoms with van der Waals surface area (Å²) in [5, 5.41) is 0. The lowest BCUT2D eigenvalue weighted by Gasteiger charge is -2.39. The maximum atomic E-state index is 11.6. The molecule has 0 bridgehead atoms. The van der Waals surface area contributed by atoms with Gasteiger partial charge in [-0.25, -0.2) is 0 Å². The van der Waals surface area contributed by atoms with Crippen LogP contribution in [0.4, 0.5) is 0 Å². The highest BCUT2D eigenvalue weighted by molar-refractivity contribution is 5.73. The summed E-state index contributed by atoms with van der Waals surface area (Å²) in [5.41, 5.74) is 3.28. The van der Waals surface area contributed by atoms with E-state index < -0.39 is 0 Å². The Hall–Kier alpha value is -1.35. The van der Waals surface area contributed by atoms with Gasteiger partial charge in [-0.05, 0) is 70.0 Å². The first-order valence-corrected chi connectivity index (χ1v) is 9.49. The number of amides is 1. The number of piperidine rings is 1. The molecule has 24 heavy (non-hydrogen) atoms. The summed E-state index contributed by atoms with van der Waals surface area (Å²) in [7, 11) is 0. The maximum Gasteiger partial charge on any atom is 0.219 e. The van der Waals surface area contributed by atoms with Gasteiger partial charge in [0.1, 0.15) is 0 Å². The van der Waals surface area contributed by atoms with Crippen molar-refractivity contribution in [3.63, 3.8) is 0 Å². The van der Waals surface area contributed by atoms with Crippen LogP contribution in [0.3, 0.4) is 0 Å². The van der Waals surface area contributed by atoms with Crippen LogP contribution in [-0.4, -0.2) is 40.9 Å². The van der Waals surface area contributed by atoms with Crippen LogP contribution >= 0.6 is 0 Å². The Balaban J connectivity index is 1.83. The van der Waals surface area contributed by atoms with E-state index in [1.807, 2.05) is 4.90 Å². The van der Waals surface area contributed by atoms with Crippen molar-refractivity contribution >= 4 is 5.91 Å². The number of carbonyl (C=O) groups is 1. The zero-order valence-electron chi connectivity index (χ0n) is 15.7. The highest BCUT2D eigenvalue weighted by Crippen LogP contribution is 2.41. The summed E-state index contributed by atoms with van der Waals surface area (Å²) in [4.78, 5) is 16.3. The van der Waals surface area contributed by atoms with E-state index in [4.69, 9.17) is 0 Å². The number of hydrogen-bond acceptors (Lipinski definition) is 2. The van der Waals surface area contributed by atoms with Gasteiger partial charge in [0.05, 0.1) is 0 Å². The van der Waals surface area contributed by atoms with Gasteiger partial charge in [0.25, 0.3) is 0 Å². The fourth-order valence-electron chi connectivity index (χ4n) is 4.58. The van der Waals surface area contributed by atoms with Crippen LogP contribution in [0.1, 0.15) is 76.5 Å². The van der Waals surface area contributed by atoms with Gasteiger partial charge in [-0.1, -0.05) is 24.3 Å². The van der Waals surface area contributed by atoms with Crippen LogP contribution in [0.15, 0.2) is 24.3 Å². The molecule has 0 spiro atoms. The Morgan fingerprint density at radius 3 is 2.21 bits per heavy atom. The van der Waals surface area contributed by atoms with E-state index in [2.05, 4.69) is 49.9 Å². The smallest absolute Gasteiger partial charge is 0.219 e. The summed E-state index contributed by atoms with van der Waals surface area (Å²) in [6.07, 6.45) is 4.75. The Morgan fingerprint density at radius 1 is 1.00 bits per heavy atom. The second kappa shape index (κ2) is 6.87. The Bertz CT molecular complexity index is 582. The quantitative estimate of drug-likeness (QED) is 0.806. The van der Waals surface area contributed by atoms with E-state index in [1.54, 1.807) is 6.92 Å². The average Bonchev–Trinajstić information content (AvgIpc) is 3.05. The molecule has 3 rings (SSSR count). The highest BCUT2D eigenvalue weighted by atomic mass is 16.2. The molecule has 2 heterocycles. The van der Waals surface area contributed by atoms with E-state index >= 15 is 0 Å². The molecule has 1 aromatic carbocycles. The lowest BCUT2D eigenvalue weighted by atomic mass is 9.83. The first kappa shape index (κ1) is 17.5. The van der Waals surface area contributed by atoms with Crippen molar-refractivity contribution in [1.29, 1.82) is 0 Å². The van der Waals surface area contributed by atoms with Crippen LogP contribution in [-0.2, 0) is 4.79 Å². The number of rotatable bonds is 2. The minimum absolute atomic E-state index is 0.215. The topological polar surface area (TPSA) is 23.6 Å². The standard InChI is InChI=1S/C21H32N2O/c1-16(24)22-14-11-17(12-15-22)18-8-5-6-9-19(18)20-10-7-13-23(20)21(2,3)4/h5-6,8-9,17,20H,7,10-15H2,1-4H3. The number of likely N-dealkylation sites (tertiary alicyclic amines) is 2. The molecule has 0 aliphatic carbocycles. The van der Waals surface area contributed by atoms with Gasteiger partial charge in [-0.15, -0.1) is 0 Å². The van der Waals surface area contributed by atoms with Crippen LogP contribution in [0.5, 0.6) is 0 Å². The molecule has 2 aliphatic rings. The van der Waals surface area contributed by atoms with Crippen LogP contribution in [0.25, 0.3) is 0 Å². The van der Waals surface area contributed by atoms with Crippen molar-refractivity contribution in [2.75, 3.05) is 19.6 Å². The van der Waals surface area contributed by atoms with Crippen molar-refractivity contribution in [3.8, 4) is 0 Å². The zero-order valence-corrected chi connectivity index (χ0v) is 15.7. The predicted molar refractivity (Wildman–Crippen MR) is 99.1 cm³/mol. The molecule has 2 aliphatic heterocycles. The van der Waals surface area contributed by atoms with E-state index in [0.717, 1.165) is 25.9 Å². The van der Waals surface area contributed by atoms with Crippen molar-refractivity contribution in [2.24, 2.45) is 0 Å². The third kappa shape index (κ3) is 3.51. The lowest BCUT2D eigenvalue weighted by molar-refractivity contribution is -0.129. The number of benzene rings is 1. The van der Waals surface area contributed by atoms with Gasteiger partial charge in [-0.3, -0.25) is 9.69 Å². The third-order valence-corrected chi connectivity index (χ3v) is 5.85. The predicted octanol–water partition coefficient (Wildman–Crippen LogP) is 4.35. The van der Waals surface area contributed by atoms with E-state index in [0.29, 0.717) is 12.0 Å². The average molecular weight is 329 g/mol. The lowest BCUT2D eigenvalue weighted by Crippen LogP contribution is -2.41. The third-order valence-electron chi connectivity index (χ3n) is 5.85. The van der Waals surface area contributed by atoms with Crippen molar-refractivity contribution in [2.45, 2.75) is 70.9 Å². The van der Waals surface area contributed by atoms with Gasteiger partial charge in [-0.2, -0.15) is 0 Å². The molecule has 2 fully saturated rings. The minimum atomic E-state index is 0.215. The van der Waals surface area contributed by atoms with Gasteiger partial charge >= 0.3 is 0 Å². The Morgan fingerprint density at radius 2 is 1.62 bits per heavy atom. The summed E-state index contributed by atoms with van der Waals surface area (Å²) in [6.45, 7) is 11.7. The molecular weight excluding hydrogens is 296 g/mol. The molecular formula is C21H32N2O. The van der Waals surface area contributed by atoms with Crippen LogP contribution in [0.2, 0.25) is 0 Å². The van der Waals surface area contributed by atoms with Crippen LogP contribution < -0.4 is 0 Å². The SMILES string of the molecule is CC(=O)N1CCC(c2ccccc2C2CCCN2C(C)(C)C)CC1. The molecule has 1 atom stereocenters. The maximum absolute atomic E-state index is 11.6. The normalized spacial score (nSPS) is 23.7. The molecule has 0 aromatic heterocycles. The Kier molecular flexibility index (Phi) is 5.00. The Labute approximate surface area is 147 Å². The number of nitrogens with zero attached hydrogens (tertiary/aromatic N) is 2. The molecule has 0 radical (unpaired) electrons. The van der Waals surface area contributed by atoms with Gasteiger partial charge in [0.15, 0.2) is 0 Å². The molecule has 1 amide bonds. The summed E-state index contributed by atoms with van der Waals surface area (Å²) in [6, 6.07) is 9.62. The van der Waals surface area contributed by atoms with E-state index in [9.17, 15) is 4.79 Å². The second-order valence-corrected chi connectivity index (χ2v) is 8.43. The fraction of sp³-hybridized carbons (Fsp3) is 0.667. The summed E-state index contributed by atoms with van der Waals surface area (Å²) >= 11 is 0. The minimum Gasteiger partial charge on any atom is -0.343 e. The molecule has 132 valence electrons. The molecule has 1 aromatic rings.